The zero-order chi connectivity index (χ0) is 26.8. The van der Waals surface area contributed by atoms with Gasteiger partial charge in [0.15, 0.2) is 0 Å². The second kappa shape index (κ2) is 9.01. The summed E-state index contributed by atoms with van der Waals surface area (Å²) in [6.45, 7) is 4.88. The molecule has 0 heterocycles. The first-order chi connectivity index (χ1) is 18.9. The van der Waals surface area contributed by atoms with Crippen LogP contribution in [0.4, 0.5) is 0 Å². The lowest BCUT2D eigenvalue weighted by atomic mass is 9.37. The monoisotopic (exact) mass is 514 g/mol. The molecule has 0 saturated heterocycles. The average molecular weight is 515 g/mol. The maximum atomic E-state index is 11.0. The van der Waals surface area contributed by atoms with Gasteiger partial charge in [-0.1, -0.05) is 86.6 Å². The number of aromatic hydroxyl groups is 2. The number of phenolic OH excluding ortho intramolecular Hbond substituents is 2. The Kier molecular flexibility index (Phi) is 5.67. The molecule has 2 nitrogen and oxygen atoms in total. The Hall–Kier alpha value is -3.52. The second-order valence-corrected chi connectivity index (χ2v) is 13.0. The van der Waals surface area contributed by atoms with Crippen LogP contribution in [0.25, 0.3) is 22.3 Å². The highest BCUT2D eigenvalue weighted by Crippen LogP contribution is 2.72. The van der Waals surface area contributed by atoms with Crippen molar-refractivity contribution in [3.63, 3.8) is 0 Å². The van der Waals surface area contributed by atoms with Crippen molar-refractivity contribution < 1.29 is 10.2 Å². The van der Waals surface area contributed by atoms with E-state index in [0.29, 0.717) is 34.7 Å². The molecule has 4 aliphatic rings. The third kappa shape index (κ3) is 3.83. The molecule has 0 amide bonds. The van der Waals surface area contributed by atoms with Crippen molar-refractivity contribution in [2.24, 2.45) is 23.2 Å². The maximum Gasteiger partial charge on any atom is 0.123 e. The Morgan fingerprint density at radius 2 is 1.31 bits per heavy atom. The summed E-state index contributed by atoms with van der Waals surface area (Å²) in [5, 5.41) is 21.9. The van der Waals surface area contributed by atoms with E-state index in [1.165, 1.54) is 43.2 Å². The van der Waals surface area contributed by atoms with Gasteiger partial charge in [-0.15, -0.1) is 0 Å². The Labute approximate surface area is 232 Å². The highest BCUT2D eigenvalue weighted by atomic mass is 16.3. The highest BCUT2D eigenvalue weighted by molar-refractivity contribution is 5.73. The Bertz CT molecular complexity index is 1510. The van der Waals surface area contributed by atoms with E-state index in [2.05, 4.69) is 62.4 Å². The van der Waals surface area contributed by atoms with Crippen LogP contribution in [0.2, 0.25) is 0 Å². The fraction of sp³-hybridized carbons (Fsp3) is 0.351. The minimum Gasteiger partial charge on any atom is -0.507 e. The Morgan fingerprint density at radius 1 is 0.692 bits per heavy atom. The van der Waals surface area contributed by atoms with E-state index in [0.717, 1.165) is 28.2 Å². The summed E-state index contributed by atoms with van der Waals surface area (Å²) in [4.78, 5) is 0. The van der Waals surface area contributed by atoms with Gasteiger partial charge in [0, 0.05) is 16.5 Å². The maximum absolute atomic E-state index is 11.0. The van der Waals surface area contributed by atoms with Crippen LogP contribution in [0.15, 0.2) is 97.1 Å². The van der Waals surface area contributed by atoms with Crippen LogP contribution in [0.5, 0.6) is 11.5 Å². The minimum atomic E-state index is 0.0104. The van der Waals surface area contributed by atoms with E-state index in [4.69, 9.17) is 0 Å². The molecule has 4 aromatic carbocycles. The van der Waals surface area contributed by atoms with Crippen molar-refractivity contribution >= 4 is 0 Å². The van der Waals surface area contributed by atoms with Crippen molar-refractivity contribution in [1.82, 2.24) is 0 Å². The first-order valence-corrected chi connectivity index (χ1v) is 14.7. The van der Waals surface area contributed by atoms with Gasteiger partial charge in [0.25, 0.3) is 0 Å². The molecule has 4 saturated carbocycles. The van der Waals surface area contributed by atoms with Crippen molar-refractivity contribution in [2.45, 2.75) is 57.3 Å². The quantitative estimate of drug-likeness (QED) is 0.278. The standard InChI is InChI=1S/C37H38O2/c1-24(2)36-20-25-17-29(22-36)35(28-13-15-33(38)31(18-28)26-9-5-3-6-10-26)37(21-25,23-36)30-14-16-34(39)32(19-30)27-11-7-4-8-12-27/h3-16,18-19,24-25,29,35,38-39H,17,20-23H2,1-2H3. The van der Waals surface area contributed by atoms with E-state index in [1.807, 2.05) is 48.5 Å². The molecule has 5 unspecified atom stereocenters. The minimum absolute atomic E-state index is 0.0104. The normalized spacial score (nSPS) is 29.2. The lowest BCUT2D eigenvalue weighted by molar-refractivity contribution is -0.111. The van der Waals surface area contributed by atoms with Gasteiger partial charge in [0.05, 0.1) is 0 Å². The van der Waals surface area contributed by atoms with Gasteiger partial charge in [-0.25, -0.2) is 0 Å². The van der Waals surface area contributed by atoms with Gasteiger partial charge in [-0.2, -0.15) is 0 Å². The van der Waals surface area contributed by atoms with Crippen molar-refractivity contribution in [2.75, 3.05) is 0 Å². The molecule has 4 aromatic rings. The van der Waals surface area contributed by atoms with Crippen LogP contribution in [0.1, 0.15) is 63.0 Å². The molecular formula is C37H38O2. The van der Waals surface area contributed by atoms with Crippen molar-refractivity contribution in [3.8, 4) is 33.8 Å². The van der Waals surface area contributed by atoms with E-state index in [1.54, 1.807) is 0 Å². The van der Waals surface area contributed by atoms with Crippen molar-refractivity contribution in [3.05, 3.63) is 108 Å². The SMILES string of the molecule is CC(C)C12CC3CC(C1)C(c1ccc(O)c(-c4ccccc4)c1)C(c1ccc(O)c(-c4ccccc4)c1)(C3)C2. The Balaban J connectivity index is 1.42. The largest absolute Gasteiger partial charge is 0.507 e. The molecule has 4 aliphatic carbocycles. The second-order valence-electron chi connectivity index (χ2n) is 13.0. The van der Waals surface area contributed by atoms with Crippen LogP contribution in [-0.2, 0) is 5.41 Å². The lowest BCUT2D eigenvalue weighted by Crippen LogP contribution is -2.59. The van der Waals surface area contributed by atoms with Gasteiger partial charge < -0.3 is 10.2 Å². The van der Waals surface area contributed by atoms with E-state index >= 15 is 0 Å². The van der Waals surface area contributed by atoms with Crippen molar-refractivity contribution in [1.29, 1.82) is 0 Å². The van der Waals surface area contributed by atoms with Gasteiger partial charge >= 0.3 is 0 Å². The van der Waals surface area contributed by atoms with Crippen LogP contribution >= 0.6 is 0 Å². The third-order valence-corrected chi connectivity index (χ3v) is 10.7. The molecule has 2 heteroatoms. The zero-order valence-electron chi connectivity index (χ0n) is 23.0. The summed E-state index contributed by atoms with van der Waals surface area (Å²) in [6, 6.07) is 33.4. The molecule has 0 spiro atoms. The first-order valence-electron chi connectivity index (χ1n) is 14.7. The van der Waals surface area contributed by atoms with E-state index in [-0.39, 0.29) is 5.41 Å². The van der Waals surface area contributed by atoms with E-state index in [9.17, 15) is 10.2 Å². The number of benzene rings is 4. The predicted molar refractivity (Wildman–Crippen MR) is 159 cm³/mol. The molecule has 4 fully saturated rings. The van der Waals surface area contributed by atoms with Crippen LogP contribution in [-0.4, -0.2) is 10.2 Å². The summed E-state index contributed by atoms with van der Waals surface area (Å²) in [5.41, 5.74) is 7.07. The van der Waals surface area contributed by atoms with Gasteiger partial charge in [-0.3, -0.25) is 0 Å². The number of phenols is 2. The molecule has 39 heavy (non-hydrogen) atoms. The number of hydrogen-bond acceptors (Lipinski definition) is 2. The lowest BCUT2D eigenvalue weighted by Gasteiger charge is -2.67. The first kappa shape index (κ1) is 24.5. The molecule has 8 rings (SSSR count). The molecule has 2 N–H and O–H groups in total. The van der Waals surface area contributed by atoms with Crippen LogP contribution < -0.4 is 0 Å². The smallest absolute Gasteiger partial charge is 0.123 e. The average Bonchev–Trinajstić information content (AvgIpc) is 2.94. The summed E-state index contributed by atoms with van der Waals surface area (Å²) >= 11 is 0. The molecule has 4 bridgehead atoms. The molecule has 0 aromatic heterocycles. The summed E-state index contributed by atoms with van der Waals surface area (Å²) < 4.78 is 0. The molecule has 198 valence electrons. The summed E-state index contributed by atoms with van der Waals surface area (Å²) in [5.74, 6) is 3.09. The predicted octanol–water partition coefficient (Wildman–Crippen LogP) is 9.32. The Morgan fingerprint density at radius 3 is 1.95 bits per heavy atom. The number of rotatable bonds is 5. The fourth-order valence-corrected chi connectivity index (χ4v) is 9.19. The molecule has 0 aliphatic heterocycles. The number of hydrogen-bond donors (Lipinski definition) is 2. The molecular weight excluding hydrogens is 476 g/mol. The fourth-order valence-electron chi connectivity index (χ4n) is 9.19. The molecule has 5 atom stereocenters. The van der Waals surface area contributed by atoms with Crippen LogP contribution in [0, 0.1) is 23.2 Å². The highest BCUT2D eigenvalue weighted by Gasteiger charge is 2.63. The van der Waals surface area contributed by atoms with Gasteiger partial charge in [0.2, 0.25) is 0 Å². The molecule has 0 radical (unpaired) electrons. The summed E-state index contributed by atoms with van der Waals surface area (Å²) in [6.07, 6.45) is 6.33. The van der Waals surface area contributed by atoms with Gasteiger partial charge in [-0.05, 0) is 108 Å². The third-order valence-electron chi connectivity index (χ3n) is 10.7. The summed E-state index contributed by atoms with van der Waals surface area (Å²) in [7, 11) is 0. The van der Waals surface area contributed by atoms with E-state index < -0.39 is 0 Å². The topological polar surface area (TPSA) is 40.5 Å². The zero-order valence-corrected chi connectivity index (χ0v) is 23.0. The van der Waals surface area contributed by atoms with Gasteiger partial charge in [0.1, 0.15) is 11.5 Å². The van der Waals surface area contributed by atoms with Crippen LogP contribution in [0.3, 0.4) is 0 Å².